The number of hydrogen-bond acceptors (Lipinski definition) is 5. The van der Waals surface area contributed by atoms with Crippen molar-refractivity contribution in [1.82, 2.24) is 9.97 Å². The summed E-state index contributed by atoms with van der Waals surface area (Å²) in [6.45, 7) is 4.95. The van der Waals surface area contributed by atoms with E-state index in [1.54, 1.807) is 0 Å². The summed E-state index contributed by atoms with van der Waals surface area (Å²) in [7, 11) is 0. The highest BCUT2D eigenvalue weighted by atomic mass is 35.5. The highest BCUT2D eigenvalue weighted by Crippen LogP contribution is 2.29. The second-order valence-electron chi connectivity index (χ2n) is 4.70. The molecule has 2 aromatic rings. The largest absolute Gasteiger partial charge is 0.368 e. The Bertz CT molecular complexity index is 598. The number of carbonyl (C=O) groups excluding carboxylic acids is 1. The van der Waals surface area contributed by atoms with Crippen LogP contribution in [-0.2, 0) is 4.79 Å². The predicted octanol–water partition coefficient (Wildman–Crippen LogP) is 2.29. The van der Waals surface area contributed by atoms with Crippen molar-refractivity contribution < 1.29 is 4.79 Å². The van der Waals surface area contributed by atoms with Crippen molar-refractivity contribution in [2.75, 3.05) is 18.0 Å². The van der Waals surface area contributed by atoms with Gasteiger partial charge in [0.1, 0.15) is 10.6 Å². The summed E-state index contributed by atoms with van der Waals surface area (Å²) in [5.74, 6) is 0.657. The summed E-state index contributed by atoms with van der Waals surface area (Å²) in [4.78, 5) is 22.3. The van der Waals surface area contributed by atoms with E-state index in [9.17, 15) is 4.79 Å². The van der Waals surface area contributed by atoms with E-state index in [1.807, 2.05) is 16.3 Å². The molecule has 102 valence electrons. The van der Waals surface area contributed by atoms with Gasteiger partial charge in [0.15, 0.2) is 0 Å². The van der Waals surface area contributed by atoms with Crippen molar-refractivity contribution in [2.45, 2.75) is 13.8 Å². The Labute approximate surface area is 120 Å². The van der Waals surface area contributed by atoms with E-state index >= 15 is 0 Å². The summed E-state index contributed by atoms with van der Waals surface area (Å²) in [6.07, 6.45) is 0. The fourth-order valence-electron chi connectivity index (χ4n) is 1.91. The van der Waals surface area contributed by atoms with Crippen LogP contribution in [0.15, 0.2) is 11.4 Å². The molecular formula is C12H15ClN4OS. The first-order chi connectivity index (χ1) is 8.97. The Morgan fingerprint density at radius 1 is 1.53 bits per heavy atom. The number of primary amides is 1. The first-order valence-electron chi connectivity index (χ1n) is 5.91. The van der Waals surface area contributed by atoms with E-state index in [0.29, 0.717) is 18.3 Å². The van der Waals surface area contributed by atoms with Crippen molar-refractivity contribution in [3.05, 3.63) is 16.7 Å². The molecule has 0 aromatic carbocycles. The molecule has 0 aliphatic heterocycles. The van der Waals surface area contributed by atoms with Crippen LogP contribution in [0, 0.1) is 5.92 Å². The minimum Gasteiger partial charge on any atom is -0.368 e. The average Bonchev–Trinajstić information content (AvgIpc) is 2.73. The molecule has 5 nitrogen and oxygen atoms in total. The standard InChI is InChI=1S/C12H15ClN4OS/c1-7(2)5-17(6-9(14)18)10-8-3-4-19-11(8)16-12(13)15-10/h3-4,7H,5-6H2,1-2H3,(H2,14,18). The van der Waals surface area contributed by atoms with Crippen LogP contribution in [0.2, 0.25) is 5.28 Å². The zero-order valence-corrected chi connectivity index (χ0v) is 12.3. The molecule has 0 aliphatic carbocycles. The summed E-state index contributed by atoms with van der Waals surface area (Å²) < 4.78 is 0. The minimum atomic E-state index is -0.390. The van der Waals surface area contributed by atoms with E-state index in [-0.39, 0.29) is 11.8 Å². The third kappa shape index (κ3) is 3.33. The highest BCUT2D eigenvalue weighted by Gasteiger charge is 2.17. The van der Waals surface area contributed by atoms with Crippen molar-refractivity contribution in [1.29, 1.82) is 0 Å². The summed E-state index contributed by atoms with van der Waals surface area (Å²) >= 11 is 7.43. The molecule has 0 spiro atoms. The quantitative estimate of drug-likeness (QED) is 0.860. The van der Waals surface area contributed by atoms with Crippen LogP contribution in [0.1, 0.15) is 13.8 Å². The number of carbonyl (C=O) groups is 1. The lowest BCUT2D eigenvalue weighted by Gasteiger charge is -2.24. The zero-order valence-electron chi connectivity index (χ0n) is 10.8. The molecule has 2 heterocycles. The number of nitrogens with two attached hydrogens (primary N) is 1. The van der Waals surface area contributed by atoms with Gasteiger partial charge in [0.2, 0.25) is 11.2 Å². The van der Waals surface area contributed by atoms with E-state index in [1.165, 1.54) is 11.3 Å². The SMILES string of the molecule is CC(C)CN(CC(N)=O)c1nc(Cl)nc2sccc12. The number of rotatable bonds is 5. The van der Waals surface area contributed by atoms with Gasteiger partial charge in [-0.1, -0.05) is 13.8 Å². The first-order valence-corrected chi connectivity index (χ1v) is 7.17. The van der Waals surface area contributed by atoms with Gasteiger partial charge in [-0.2, -0.15) is 4.98 Å². The van der Waals surface area contributed by atoms with Crippen LogP contribution in [0.3, 0.4) is 0 Å². The van der Waals surface area contributed by atoms with Crippen LogP contribution in [0.25, 0.3) is 10.2 Å². The van der Waals surface area contributed by atoms with Gasteiger partial charge in [0.25, 0.3) is 0 Å². The van der Waals surface area contributed by atoms with Gasteiger partial charge in [-0.25, -0.2) is 4.98 Å². The number of hydrogen-bond donors (Lipinski definition) is 1. The van der Waals surface area contributed by atoms with Crippen molar-refractivity contribution in [3.63, 3.8) is 0 Å². The maximum atomic E-state index is 11.2. The number of fused-ring (bicyclic) bond motifs is 1. The van der Waals surface area contributed by atoms with Gasteiger partial charge in [-0.3, -0.25) is 4.79 Å². The molecule has 7 heteroatoms. The number of halogens is 1. The second-order valence-corrected chi connectivity index (χ2v) is 5.93. The first kappa shape index (κ1) is 14.0. The van der Waals surface area contributed by atoms with Crippen LogP contribution < -0.4 is 10.6 Å². The van der Waals surface area contributed by atoms with Crippen LogP contribution in [0.5, 0.6) is 0 Å². The van der Waals surface area contributed by atoms with Gasteiger partial charge in [0.05, 0.1) is 11.9 Å². The Balaban J connectivity index is 2.47. The number of nitrogens with zero attached hydrogens (tertiary/aromatic N) is 3. The van der Waals surface area contributed by atoms with Gasteiger partial charge < -0.3 is 10.6 Å². The van der Waals surface area contributed by atoms with Crippen LogP contribution in [-0.4, -0.2) is 29.0 Å². The molecule has 0 aliphatic rings. The highest BCUT2D eigenvalue weighted by molar-refractivity contribution is 7.16. The van der Waals surface area contributed by atoms with E-state index in [2.05, 4.69) is 23.8 Å². The molecule has 1 amide bonds. The van der Waals surface area contributed by atoms with Gasteiger partial charge in [0, 0.05) is 6.54 Å². The number of thiophene rings is 1. The van der Waals surface area contributed by atoms with E-state index < -0.39 is 5.91 Å². The third-order valence-electron chi connectivity index (χ3n) is 2.51. The normalized spacial score (nSPS) is 11.2. The lowest BCUT2D eigenvalue weighted by molar-refractivity contribution is -0.116. The summed E-state index contributed by atoms with van der Waals surface area (Å²) in [5, 5.41) is 3.01. The summed E-state index contributed by atoms with van der Waals surface area (Å²) in [6, 6.07) is 1.93. The smallest absolute Gasteiger partial charge is 0.236 e. The molecule has 2 rings (SSSR count). The van der Waals surface area contributed by atoms with Crippen LogP contribution >= 0.6 is 22.9 Å². The maximum Gasteiger partial charge on any atom is 0.236 e. The number of amides is 1. The van der Waals surface area contributed by atoms with E-state index in [0.717, 1.165) is 10.2 Å². The summed E-state index contributed by atoms with van der Waals surface area (Å²) in [5.41, 5.74) is 5.31. The van der Waals surface area contributed by atoms with Crippen molar-refractivity contribution >= 4 is 44.9 Å². The van der Waals surface area contributed by atoms with Gasteiger partial charge >= 0.3 is 0 Å². The van der Waals surface area contributed by atoms with Gasteiger partial charge in [-0.05, 0) is 29.0 Å². The predicted molar refractivity (Wildman–Crippen MR) is 78.7 cm³/mol. The molecule has 2 N–H and O–H groups in total. The Kier molecular flexibility index (Phi) is 4.21. The molecule has 19 heavy (non-hydrogen) atoms. The molecular weight excluding hydrogens is 284 g/mol. The molecule has 0 saturated carbocycles. The molecule has 0 fully saturated rings. The molecule has 0 saturated heterocycles. The molecule has 2 aromatic heterocycles. The lowest BCUT2D eigenvalue weighted by Crippen LogP contribution is -2.37. The fraction of sp³-hybridized carbons (Fsp3) is 0.417. The monoisotopic (exact) mass is 298 g/mol. The Morgan fingerprint density at radius 3 is 2.89 bits per heavy atom. The Morgan fingerprint density at radius 2 is 2.26 bits per heavy atom. The van der Waals surface area contributed by atoms with Crippen molar-refractivity contribution in [3.8, 4) is 0 Å². The average molecular weight is 299 g/mol. The van der Waals surface area contributed by atoms with Crippen LogP contribution in [0.4, 0.5) is 5.82 Å². The number of anilines is 1. The minimum absolute atomic E-state index is 0.121. The molecule has 0 atom stereocenters. The topological polar surface area (TPSA) is 72.1 Å². The molecule has 0 unspecified atom stereocenters. The second kappa shape index (κ2) is 5.71. The Hall–Kier alpha value is -1.40. The molecule has 0 radical (unpaired) electrons. The number of aromatic nitrogens is 2. The maximum absolute atomic E-state index is 11.2. The fourth-order valence-corrected chi connectivity index (χ4v) is 2.88. The van der Waals surface area contributed by atoms with Crippen molar-refractivity contribution in [2.24, 2.45) is 11.7 Å². The zero-order chi connectivity index (χ0) is 14.0. The molecule has 0 bridgehead atoms. The van der Waals surface area contributed by atoms with E-state index in [4.69, 9.17) is 17.3 Å². The lowest BCUT2D eigenvalue weighted by atomic mass is 10.2. The third-order valence-corrected chi connectivity index (χ3v) is 3.49. The van der Waals surface area contributed by atoms with Gasteiger partial charge in [-0.15, -0.1) is 11.3 Å².